The van der Waals surface area contributed by atoms with Crippen molar-refractivity contribution in [2.24, 2.45) is 0 Å². The van der Waals surface area contributed by atoms with Crippen molar-refractivity contribution < 1.29 is 9.90 Å². The summed E-state index contributed by atoms with van der Waals surface area (Å²) in [5.74, 6) is -0.857. The largest absolute Gasteiger partial charge is 0.478 e. The van der Waals surface area contributed by atoms with E-state index in [1.54, 1.807) is 6.07 Å². The standard InChI is InChI=1S/C15H24N2O2/c1-5-8-17(10-9-16(3)4)14-7-6-12(2)11-13(14)15(18)19/h6-7,11H,5,8-10H2,1-4H3,(H,18,19). The van der Waals surface area contributed by atoms with Crippen LogP contribution in [-0.4, -0.2) is 49.7 Å². The van der Waals surface area contributed by atoms with E-state index in [-0.39, 0.29) is 0 Å². The maximum absolute atomic E-state index is 11.4. The molecule has 0 aliphatic carbocycles. The van der Waals surface area contributed by atoms with Crippen LogP contribution >= 0.6 is 0 Å². The van der Waals surface area contributed by atoms with Gasteiger partial charge in [-0.1, -0.05) is 18.6 Å². The molecule has 1 rings (SSSR count). The van der Waals surface area contributed by atoms with E-state index >= 15 is 0 Å². The van der Waals surface area contributed by atoms with Crippen molar-refractivity contribution in [2.75, 3.05) is 38.6 Å². The van der Waals surface area contributed by atoms with Crippen molar-refractivity contribution in [3.8, 4) is 0 Å². The van der Waals surface area contributed by atoms with Crippen molar-refractivity contribution in [2.45, 2.75) is 20.3 Å². The minimum absolute atomic E-state index is 0.396. The Kier molecular flexibility index (Phi) is 5.83. The molecule has 1 aromatic carbocycles. The number of carbonyl (C=O) groups is 1. The number of hydrogen-bond donors (Lipinski definition) is 1. The quantitative estimate of drug-likeness (QED) is 0.821. The fourth-order valence-corrected chi connectivity index (χ4v) is 2.04. The molecule has 0 aromatic heterocycles. The zero-order chi connectivity index (χ0) is 14.4. The van der Waals surface area contributed by atoms with Gasteiger partial charge in [0.15, 0.2) is 0 Å². The monoisotopic (exact) mass is 264 g/mol. The average molecular weight is 264 g/mol. The second-order valence-electron chi connectivity index (χ2n) is 5.12. The maximum Gasteiger partial charge on any atom is 0.337 e. The summed E-state index contributed by atoms with van der Waals surface area (Å²) < 4.78 is 0. The second kappa shape index (κ2) is 7.14. The molecule has 0 bridgehead atoms. The highest BCUT2D eigenvalue weighted by Gasteiger charge is 2.15. The normalized spacial score (nSPS) is 10.8. The Hall–Kier alpha value is -1.55. The molecule has 0 aliphatic heterocycles. The predicted octanol–water partition coefficient (Wildman–Crippen LogP) is 2.47. The van der Waals surface area contributed by atoms with Gasteiger partial charge in [0.25, 0.3) is 0 Å². The summed E-state index contributed by atoms with van der Waals surface area (Å²) in [5, 5.41) is 9.35. The summed E-state index contributed by atoms with van der Waals surface area (Å²) in [5.41, 5.74) is 2.19. The first-order valence-corrected chi connectivity index (χ1v) is 6.69. The van der Waals surface area contributed by atoms with Crippen molar-refractivity contribution in [1.29, 1.82) is 0 Å². The number of aryl methyl sites for hydroxylation is 1. The van der Waals surface area contributed by atoms with Gasteiger partial charge in [-0.05, 0) is 39.6 Å². The zero-order valence-corrected chi connectivity index (χ0v) is 12.3. The molecule has 19 heavy (non-hydrogen) atoms. The predicted molar refractivity (Wildman–Crippen MR) is 79.2 cm³/mol. The summed E-state index contributed by atoms with van der Waals surface area (Å²) in [6.07, 6.45) is 1.00. The Morgan fingerprint density at radius 1 is 1.21 bits per heavy atom. The van der Waals surface area contributed by atoms with Gasteiger partial charge in [-0.15, -0.1) is 0 Å². The van der Waals surface area contributed by atoms with Crippen LogP contribution in [0.25, 0.3) is 0 Å². The average Bonchev–Trinajstić information content (AvgIpc) is 2.34. The van der Waals surface area contributed by atoms with Crippen LogP contribution in [-0.2, 0) is 0 Å². The van der Waals surface area contributed by atoms with Crippen LogP contribution in [0.1, 0.15) is 29.3 Å². The van der Waals surface area contributed by atoms with Gasteiger partial charge >= 0.3 is 5.97 Å². The number of aromatic carboxylic acids is 1. The summed E-state index contributed by atoms with van der Waals surface area (Å²) in [6, 6.07) is 5.64. The van der Waals surface area contributed by atoms with Gasteiger partial charge in [0.1, 0.15) is 0 Å². The molecule has 4 heteroatoms. The van der Waals surface area contributed by atoms with Crippen LogP contribution in [0.4, 0.5) is 5.69 Å². The van der Waals surface area contributed by atoms with Gasteiger partial charge in [0.05, 0.1) is 11.3 Å². The first-order chi connectivity index (χ1) is 8.95. The van der Waals surface area contributed by atoms with E-state index < -0.39 is 5.97 Å². The molecule has 0 saturated carbocycles. The highest BCUT2D eigenvalue weighted by Crippen LogP contribution is 2.22. The van der Waals surface area contributed by atoms with Crippen LogP contribution in [0.15, 0.2) is 18.2 Å². The molecule has 106 valence electrons. The SMILES string of the molecule is CCCN(CCN(C)C)c1ccc(C)cc1C(=O)O. The van der Waals surface area contributed by atoms with Gasteiger partial charge < -0.3 is 14.9 Å². The lowest BCUT2D eigenvalue weighted by Gasteiger charge is -2.27. The van der Waals surface area contributed by atoms with Crippen molar-refractivity contribution >= 4 is 11.7 Å². The number of benzene rings is 1. The van der Waals surface area contributed by atoms with Crippen LogP contribution in [0.2, 0.25) is 0 Å². The van der Waals surface area contributed by atoms with E-state index in [0.717, 1.165) is 37.3 Å². The first kappa shape index (κ1) is 15.5. The number of hydrogen-bond acceptors (Lipinski definition) is 3. The molecule has 0 radical (unpaired) electrons. The number of likely N-dealkylation sites (N-methyl/N-ethyl adjacent to an activating group) is 1. The van der Waals surface area contributed by atoms with Crippen LogP contribution < -0.4 is 4.90 Å². The van der Waals surface area contributed by atoms with Crippen LogP contribution in [0.3, 0.4) is 0 Å². The molecule has 0 heterocycles. The Bertz CT molecular complexity index is 430. The third-order valence-corrected chi connectivity index (χ3v) is 3.03. The van der Waals surface area contributed by atoms with Crippen molar-refractivity contribution in [1.82, 2.24) is 4.90 Å². The highest BCUT2D eigenvalue weighted by molar-refractivity contribution is 5.94. The van der Waals surface area contributed by atoms with Crippen molar-refractivity contribution in [3.05, 3.63) is 29.3 Å². The molecule has 1 N–H and O–H groups in total. The molecule has 0 aliphatic rings. The van der Waals surface area contributed by atoms with E-state index in [1.807, 2.05) is 33.2 Å². The van der Waals surface area contributed by atoms with Gasteiger partial charge in [0.2, 0.25) is 0 Å². The lowest BCUT2D eigenvalue weighted by Crippen LogP contribution is -2.33. The van der Waals surface area contributed by atoms with Crippen LogP contribution in [0.5, 0.6) is 0 Å². The molecule has 0 fully saturated rings. The van der Waals surface area contributed by atoms with Crippen molar-refractivity contribution in [3.63, 3.8) is 0 Å². The second-order valence-corrected chi connectivity index (χ2v) is 5.12. The van der Waals surface area contributed by atoms with Gasteiger partial charge in [-0.2, -0.15) is 0 Å². The minimum Gasteiger partial charge on any atom is -0.478 e. The molecule has 0 spiro atoms. The molecular formula is C15H24N2O2. The Labute approximate surface area is 115 Å². The number of carboxylic acid groups (broad SMARTS) is 1. The van der Waals surface area contributed by atoms with E-state index in [2.05, 4.69) is 16.7 Å². The van der Waals surface area contributed by atoms with E-state index in [1.165, 1.54) is 0 Å². The molecular weight excluding hydrogens is 240 g/mol. The first-order valence-electron chi connectivity index (χ1n) is 6.69. The summed E-state index contributed by atoms with van der Waals surface area (Å²) in [4.78, 5) is 15.6. The maximum atomic E-state index is 11.4. The van der Waals surface area contributed by atoms with Crippen LogP contribution in [0, 0.1) is 6.92 Å². The van der Waals surface area contributed by atoms with Gasteiger partial charge in [0, 0.05) is 19.6 Å². The number of rotatable bonds is 7. The van der Waals surface area contributed by atoms with E-state index in [0.29, 0.717) is 5.56 Å². The minimum atomic E-state index is -0.857. The third-order valence-electron chi connectivity index (χ3n) is 3.03. The Morgan fingerprint density at radius 3 is 2.42 bits per heavy atom. The summed E-state index contributed by atoms with van der Waals surface area (Å²) in [7, 11) is 4.05. The fraction of sp³-hybridized carbons (Fsp3) is 0.533. The smallest absolute Gasteiger partial charge is 0.337 e. The Morgan fingerprint density at radius 2 is 1.89 bits per heavy atom. The Balaban J connectivity index is 3.03. The number of nitrogens with zero attached hydrogens (tertiary/aromatic N) is 2. The molecule has 4 nitrogen and oxygen atoms in total. The third kappa shape index (κ3) is 4.56. The van der Waals surface area contributed by atoms with E-state index in [9.17, 15) is 9.90 Å². The number of carboxylic acids is 1. The molecule has 1 aromatic rings. The zero-order valence-electron chi connectivity index (χ0n) is 12.3. The summed E-state index contributed by atoms with van der Waals surface area (Å²) in [6.45, 7) is 6.64. The van der Waals surface area contributed by atoms with Gasteiger partial charge in [-0.3, -0.25) is 0 Å². The fourth-order valence-electron chi connectivity index (χ4n) is 2.04. The molecule has 0 saturated heterocycles. The summed E-state index contributed by atoms with van der Waals surface area (Å²) >= 11 is 0. The lowest BCUT2D eigenvalue weighted by atomic mass is 10.1. The molecule has 0 unspecified atom stereocenters. The highest BCUT2D eigenvalue weighted by atomic mass is 16.4. The lowest BCUT2D eigenvalue weighted by molar-refractivity contribution is 0.0697. The molecule has 0 atom stereocenters. The number of anilines is 1. The molecule has 0 amide bonds. The van der Waals surface area contributed by atoms with E-state index in [4.69, 9.17) is 0 Å². The topological polar surface area (TPSA) is 43.8 Å². The van der Waals surface area contributed by atoms with Gasteiger partial charge in [-0.25, -0.2) is 4.79 Å².